The molecular formula is C15H21FN2O2S. The van der Waals surface area contributed by atoms with Crippen LogP contribution in [0, 0.1) is 18.7 Å². The molecule has 1 aromatic carbocycles. The number of sulfonamides is 1. The maximum absolute atomic E-state index is 14.1. The Labute approximate surface area is 125 Å². The number of nitrogens with two attached hydrogens (primary N) is 1. The Hall–Kier alpha value is -1.14. The molecule has 6 heteroatoms. The van der Waals surface area contributed by atoms with E-state index in [4.69, 9.17) is 5.73 Å². The first-order chi connectivity index (χ1) is 9.91. The summed E-state index contributed by atoms with van der Waals surface area (Å²) in [6, 6.07) is 2.50. The van der Waals surface area contributed by atoms with Crippen molar-refractivity contribution in [2.24, 2.45) is 5.92 Å². The minimum Gasteiger partial charge on any atom is -0.398 e. The molecule has 1 aromatic rings. The van der Waals surface area contributed by atoms with E-state index in [-0.39, 0.29) is 10.9 Å². The molecule has 1 aliphatic carbocycles. The summed E-state index contributed by atoms with van der Waals surface area (Å²) in [6.07, 6.45) is 5.06. The molecule has 2 aliphatic rings. The van der Waals surface area contributed by atoms with Crippen LogP contribution in [0.4, 0.5) is 10.1 Å². The van der Waals surface area contributed by atoms with Gasteiger partial charge in [0, 0.05) is 18.3 Å². The van der Waals surface area contributed by atoms with Gasteiger partial charge in [-0.3, -0.25) is 0 Å². The molecule has 4 nitrogen and oxygen atoms in total. The highest BCUT2D eigenvalue weighted by Gasteiger charge is 2.43. The lowest BCUT2D eigenvalue weighted by Gasteiger charge is -2.31. The van der Waals surface area contributed by atoms with E-state index in [2.05, 4.69) is 0 Å². The highest BCUT2D eigenvalue weighted by molar-refractivity contribution is 7.89. The number of anilines is 1. The minimum atomic E-state index is -3.80. The zero-order valence-corrected chi connectivity index (χ0v) is 13.0. The summed E-state index contributed by atoms with van der Waals surface area (Å²) in [7, 11) is -3.80. The molecule has 1 saturated heterocycles. The summed E-state index contributed by atoms with van der Waals surface area (Å²) >= 11 is 0. The number of aryl methyl sites for hydroxylation is 1. The number of benzene rings is 1. The van der Waals surface area contributed by atoms with Gasteiger partial charge in [-0.1, -0.05) is 12.8 Å². The second-order valence-corrected chi connectivity index (χ2v) is 8.01. The monoisotopic (exact) mass is 312 g/mol. The normalized spacial score (nSPS) is 26.8. The molecule has 21 heavy (non-hydrogen) atoms. The molecule has 2 unspecified atom stereocenters. The Morgan fingerprint density at radius 3 is 2.71 bits per heavy atom. The van der Waals surface area contributed by atoms with Crippen molar-refractivity contribution in [1.82, 2.24) is 4.31 Å². The molecule has 2 N–H and O–H groups in total. The quantitative estimate of drug-likeness (QED) is 0.854. The average molecular weight is 312 g/mol. The first kappa shape index (κ1) is 14.8. The number of hydrogen-bond acceptors (Lipinski definition) is 3. The van der Waals surface area contributed by atoms with Gasteiger partial charge in [0.25, 0.3) is 0 Å². The second-order valence-electron chi connectivity index (χ2n) is 6.16. The zero-order chi connectivity index (χ0) is 15.2. The van der Waals surface area contributed by atoms with Crippen LogP contribution in [0.25, 0.3) is 0 Å². The fourth-order valence-electron chi connectivity index (χ4n) is 3.65. The van der Waals surface area contributed by atoms with Crippen molar-refractivity contribution in [3.05, 3.63) is 23.5 Å². The van der Waals surface area contributed by atoms with E-state index in [9.17, 15) is 12.8 Å². The Kier molecular flexibility index (Phi) is 3.69. The molecule has 1 saturated carbocycles. The lowest BCUT2D eigenvalue weighted by Crippen LogP contribution is -2.39. The van der Waals surface area contributed by atoms with Crippen molar-refractivity contribution in [3.8, 4) is 0 Å². The number of nitrogen functional groups attached to an aromatic ring is 1. The van der Waals surface area contributed by atoms with Crippen molar-refractivity contribution < 1.29 is 12.8 Å². The molecule has 3 rings (SSSR count). The van der Waals surface area contributed by atoms with Crippen LogP contribution < -0.4 is 5.73 Å². The third kappa shape index (κ3) is 2.44. The Morgan fingerprint density at radius 1 is 1.24 bits per heavy atom. The van der Waals surface area contributed by atoms with Crippen LogP contribution in [0.5, 0.6) is 0 Å². The summed E-state index contributed by atoms with van der Waals surface area (Å²) in [6.45, 7) is 2.16. The maximum atomic E-state index is 14.1. The van der Waals surface area contributed by atoms with Gasteiger partial charge in [-0.2, -0.15) is 4.31 Å². The van der Waals surface area contributed by atoms with Crippen LogP contribution >= 0.6 is 0 Å². The fourth-order valence-corrected chi connectivity index (χ4v) is 5.47. The van der Waals surface area contributed by atoms with Crippen molar-refractivity contribution in [3.63, 3.8) is 0 Å². The first-order valence-electron chi connectivity index (χ1n) is 7.48. The molecular weight excluding hydrogens is 291 g/mol. The highest BCUT2D eigenvalue weighted by atomic mass is 32.2. The molecule has 0 aromatic heterocycles. The van der Waals surface area contributed by atoms with Gasteiger partial charge in [-0.05, 0) is 49.8 Å². The molecule has 116 valence electrons. The van der Waals surface area contributed by atoms with Crippen molar-refractivity contribution in [2.45, 2.75) is 50.0 Å². The van der Waals surface area contributed by atoms with Gasteiger partial charge in [-0.25, -0.2) is 12.8 Å². The Bertz CT molecular complexity index is 660. The topological polar surface area (TPSA) is 63.4 Å². The van der Waals surface area contributed by atoms with E-state index in [1.807, 2.05) is 0 Å². The molecule has 2 fully saturated rings. The maximum Gasteiger partial charge on any atom is 0.246 e. The molecule has 0 radical (unpaired) electrons. The van der Waals surface area contributed by atoms with Gasteiger partial charge in [0.05, 0.1) is 0 Å². The summed E-state index contributed by atoms with van der Waals surface area (Å²) in [4.78, 5) is -0.281. The Balaban J connectivity index is 1.99. The van der Waals surface area contributed by atoms with Crippen LogP contribution in [0.15, 0.2) is 17.0 Å². The molecule has 1 aliphatic heterocycles. The SMILES string of the molecule is Cc1cc(F)c(S(=O)(=O)N2CCC3CCCCC32)cc1N. The van der Waals surface area contributed by atoms with Gasteiger partial charge in [-0.15, -0.1) is 0 Å². The lowest BCUT2D eigenvalue weighted by molar-refractivity contribution is 0.260. The van der Waals surface area contributed by atoms with E-state index < -0.39 is 15.8 Å². The van der Waals surface area contributed by atoms with E-state index in [1.165, 1.54) is 22.9 Å². The molecule has 2 atom stereocenters. The van der Waals surface area contributed by atoms with E-state index in [0.29, 0.717) is 23.7 Å². The average Bonchev–Trinajstić information content (AvgIpc) is 2.87. The molecule has 0 spiro atoms. The van der Waals surface area contributed by atoms with E-state index in [0.717, 1.165) is 25.7 Å². The standard InChI is InChI=1S/C15H21FN2O2S/c1-10-8-12(16)15(9-13(10)17)21(19,20)18-7-6-11-4-2-3-5-14(11)18/h8-9,11,14H,2-7,17H2,1H3. The number of nitrogens with zero attached hydrogens (tertiary/aromatic N) is 1. The summed E-state index contributed by atoms with van der Waals surface area (Å²) < 4.78 is 41.3. The smallest absolute Gasteiger partial charge is 0.246 e. The number of fused-ring (bicyclic) bond motifs is 1. The summed E-state index contributed by atoms with van der Waals surface area (Å²) in [5.74, 6) is -0.277. The van der Waals surface area contributed by atoms with Crippen molar-refractivity contribution in [2.75, 3.05) is 12.3 Å². The van der Waals surface area contributed by atoms with Crippen LogP contribution in [0.1, 0.15) is 37.7 Å². The zero-order valence-electron chi connectivity index (χ0n) is 12.2. The number of halogens is 1. The molecule has 1 heterocycles. The minimum absolute atomic E-state index is 0.0330. The van der Waals surface area contributed by atoms with Gasteiger partial charge in [0.1, 0.15) is 10.7 Å². The van der Waals surface area contributed by atoms with Gasteiger partial charge in [0.15, 0.2) is 0 Å². The largest absolute Gasteiger partial charge is 0.398 e. The summed E-state index contributed by atoms with van der Waals surface area (Å²) in [5.41, 5.74) is 6.64. The summed E-state index contributed by atoms with van der Waals surface area (Å²) in [5, 5.41) is 0. The predicted molar refractivity (Wildman–Crippen MR) is 79.8 cm³/mol. The van der Waals surface area contributed by atoms with Crippen LogP contribution in [0.2, 0.25) is 0 Å². The van der Waals surface area contributed by atoms with Gasteiger partial charge in [0.2, 0.25) is 10.0 Å². The van der Waals surface area contributed by atoms with Crippen LogP contribution in [0.3, 0.4) is 0 Å². The van der Waals surface area contributed by atoms with E-state index >= 15 is 0 Å². The highest BCUT2D eigenvalue weighted by Crippen LogP contribution is 2.39. The lowest BCUT2D eigenvalue weighted by atomic mass is 9.86. The van der Waals surface area contributed by atoms with E-state index in [1.54, 1.807) is 6.92 Å². The van der Waals surface area contributed by atoms with Gasteiger partial charge < -0.3 is 5.73 Å². The van der Waals surface area contributed by atoms with Crippen molar-refractivity contribution >= 4 is 15.7 Å². The number of rotatable bonds is 2. The first-order valence-corrected chi connectivity index (χ1v) is 8.92. The van der Waals surface area contributed by atoms with Gasteiger partial charge >= 0.3 is 0 Å². The fraction of sp³-hybridized carbons (Fsp3) is 0.600. The van der Waals surface area contributed by atoms with Crippen LogP contribution in [-0.2, 0) is 10.0 Å². The van der Waals surface area contributed by atoms with Crippen LogP contribution in [-0.4, -0.2) is 25.3 Å². The Morgan fingerprint density at radius 2 is 1.95 bits per heavy atom. The molecule has 0 amide bonds. The second kappa shape index (κ2) is 5.25. The van der Waals surface area contributed by atoms with Crippen molar-refractivity contribution in [1.29, 1.82) is 0 Å². The predicted octanol–water partition coefficient (Wildman–Crippen LogP) is 2.67. The molecule has 0 bridgehead atoms. The third-order valence-electron chi connectivity index (χ3n) is 4.87. The number of hydrogen-bond donors (Lipinski definition) is 1. The third-order valence-corrected chi connectivity index (χ3v) is 6.81.